The standard InChI is InChI=1S/5C2H6N.2Hf/c5*1-3-2;;/h5*1-2H3;;/q5*-1;;+4. The zero-order valence-corrected chi connectivity index (χ0v) is 20.4. The molecule has 0 rings (SSSR count). The van der Waals surface area contributed by atoms with Crippen molar-refractivity contribution in [3.05, 3.63) is 26.6 Å². The molecular weight excluding hydrogens is 547 g/mol. The molecule has 0 aromatic carbocycles. The largest absolute Gasteiger partial charge is 4.00 e. The van der Waals surface area contributed by atoms with Crippen molar-refractivity contribution in [2.45, 2.75) is 0 Å². The van der Waals surface area contributed by atoms with Crippen LogP contribution in [0.25, 0.3) is 26.6 Å². The fraction of sp³-hybridized carbons (Fsp3) is 1.00. The Morgan fingerprint density at radius 3 is 0.353 bits per heavy atom. The monoisotopic (exact) mass is 580 g/mol. The average Bonchev–Trinajstić information content (AvgIpc) is 2.09. The van der Waals surface area contributed by atoms with Gasteiger partial charge >= 0.3 is 25.8 Å². The topological polar surface area (TPSA) is 70.5 Å². The van der Waals surface area contributed by atoms with Gasteiger partial charge in [0.15, 0.2) is 0 Å². The molecule has 7 heteroatoms. The van der Waals surface area contributed by atoms with Crippen molar-refractivity contribution in [2.24, 2.45) is 0 Å². The third-order valence-corrected chi connectivity index (χ3v) is 0. The zero-order valence-electron chi connectivity index (χ0n) is 13.2. The first-order valence-corrected chi connectivity index (χ1v) is 4.47. The maximum absolute atomic E-state index is 3.50. The molecule has 17 heavy (non-hydrogen) atoms. The van der Waals surface area contributed by atoms with Gasteiger partial charge < -0.3 is 26.6 Å². The summed E-state index contributed by atoms with van der Waals surface area (Å²) >= 11 is 0. The number of nitrogens with zero attached hydrogens (tertiary/aromatic N) is 5. The van der Waals surface area contributed by atoms with Crippen LogP contribution in [0.3, 0.4) is 0 Å². The third-order valence-electron chi connectivity index (χ3n) is 0. The van der Waals surface area contributed by atoms with Crippen LogP contribution < -0.4 is 0 Å². The Labute approximate surface area is 148 Å². The summed E-state index contributed by atoms with van der Waals surface area (Å²) in [4.78, 5) is 0. The Kier molecular flexibility index (Phi) is 283. The van der Waals surface area contributed by atoms with Crippen LogP contribution in [0.2, 0.25) is 0 Å². The van der Waals surface area contributed by atoms with E-state index in [-0.39, 0.29) is 51.7 Å². The van der Waals surface area contributed by atoms with Crippen LogP contribution in [-0.2, 0) is 51.7 Å². The average molecular weight is 577 g/mol. The van der Waals surface area contributed by atoms with E-state index in [1.807, 2.05) is 0 Å². The Bertz CT molecular complexity index is 34.3. The van der Waals surface area contributed by atoms with E-state index in [9.17, 15) is 0 Å². The molecular formula is C10H30Hf2N5-. The molecule has 0 atom stereocenters. The number of rotatable bonds is 0. The van der Waals surface area contributed by atoms with Crippen LogP contribution in [0.5, 0.6) is 0 Å². The molecule has 0 saturated carbocycles. The smallest absolute Gasteiger partial charge is 0.668 e. The van der Waals surface area contributed by atoms with E-state index < -0.39 is 0 Å². The van der Waals surface area contributed by atoms with Gasteiger partial charge in [-0.2, -0.15) is 70.5 Å². The normalized spacial score (nSPS) is 5.29. The summed E-state index contributed by atoms with van der Waals surface area (Å²) in [5.74, 6) is 0. The fourth-order valence-electron chi connectivity index (χ4n) is 0. The van der Waals surface area contributed by atoms with E-state index in [2.05, 4.69) is 26.6 Å². The van der Waals surface area contributed by atoms with Crippen molar-refractivity contribution < 1.29 is 51.7 Å². The molecule has 0 aromatic heterocycles. The molecule has 0 radical (unpaired) electrons. The molecule has 0 aliphatic heterocycles. The van der Waals surface area contributed by atoms with Gasteiger partial charge in [-0.25, -0.2) is 0 Å². The van der Waals surface area contributed by atoms with Crippen LogP contribution in [-0.4, -0.2) is 70.5 Å². The quantitative estimate of drug-likeness (QED) is 0.398. The van der Waals surface area contributed by atoms with Gasteiger partial charge in [0, 0.05) is 25.8 Å². The first kappa shape index (κ1) is 42.8. The number of hydrogen-bond donors (Lipinski definition) is 0. The first-order chi connectivity index (χ1) is 7.07. The maximum atomic E-state index is 3.50. The molecule has 0 unspecified atom stereocenters. The molecule has 0 saturated heterocycles. The van der Waals surface area contributed by atoms with E-state index >= 15 is 0 Å². The number of hydrogen-bond acceptors (Lipinski definition) is 0. The van der Waals surface area contributed by atoms with E-state index in [0.29, 0.717) is 0 Å². The minimum Gasteiger partial charge on any atom is -0.668 e. The minimum absolute atomic E-state index is 0. The van der Waals surface area contributed by atoms with Crippen LogP contribution >= 0.6 is 0 Å². The Hall–Kier alpha value is 1.54. The van der Waals surface area contributed by atoms with Crippen molar-refractivity contribution in [2.75, 3.05) is 70.5 Å². The van der Waals surface area contributed by atoms with Crippen molar-refractivity contribution in [3.63, 3.8) is 0 Å². The van der Waals surface area contributed by atoms with Crippen molar-refractivity contribution in [1.29, 1.82) is 0 Å². The summed E-state index contributed by atoms with van der Waals surface area (Å²) in [6, 6.07) is 0. The Balaban J connectivity index is -0.0000000143. The van der Waals surface area contributed by atoms with E-state index in [1.54, 1.807) is 70.5 Å². The fourth-order valence-corrected chi connectivity index (χ4v) is 0. The van der Waals surface area contributed by atoms with Gasteiger partial charge in [0.1, 0.15) is 0 Å². The molecule has 0 fully saturated rings. The summed E-state index contributed by atoms with van der Waals surface area (Å²) in [5.41, 5.74) is 0. The summed E-state index contributed by atoms with van der Waals surface area (Å²) in [5, 5.41) is 17.5. The molecule has 5 nitrogen and oxygen atoms in total. The van der Waals surface area contributed by atoms with Crippen molar-refractivity contribution >= 4 is 0 Å². The molecule has 0 heterocycles. The van der Waals surface area contributed by atoms with Crippen LogP contribution in [0.4, 0.5) is 0 Å². The maximum Gasteiger partial charge on any atom is 4.00 e. The molecule has 0 aliphatic rings. The van der Waals surface area contributed by atoms with Gasteiger partial charge in [-0.05, 0) is 0 Å². The predicted octanol–water partition coefficient (Wildman–Crippen LogP) is 3.09. The van der Waals surface area contributed by atoms with Crippen LogP contribution in [0, 0.1) is 0 Å². The molecule has 0 aromatic rings. The molecule has 0 bridgehead atoms. The third kappa shape index (κ3) is 1790. The summed E-state index contributed by atoms with van der Waals surface area (Å²) in [6.07, 6.45) is 0. The molecule has 0 aliphatic carbocycles. The van der Waals surface area contributed by atoms with Gasteiger partial charge in [0.25, 0.3) is 0 Å². The summed E-state index contributed by atoms with van der Waals surface area (Å²) in [6.45, 7) is 0. The van der Waals surface area contributed by atoms with E-state index in [0.717, 1.165) is 0 Å². The second kappa shape index (κ2) is 112. The predicted molar refractivity (Wildman–Crippen MR) is 76.0 cm³/mol. The van der Waals surface area contributed by atoms with Gasteiger partial charge in [-0.1, -0.05) is 0 Å². The van der Waals surface area contributed by atoms with Gasteiger partial charge in [-0.15, -0.1) is 0 Å². The molecule has 0 amide bonds. The first-order valence-electron chi connectivity index (χ1n) is 4.47. The molecule has 0 spiro atoms. The second-order valence-corrected chi connectivity index (χ2v) is 2.24. The molecule has 104 valence electrons. The van der Waals surface area contributed by atoms with Gasteiger partial charge in [0.2, 0.25) is 0 Å². The zero-order chi connectivity index (χ0) is 13.5. The molecule has 0 N–H and O–H groups in total. The van der Waals surface area contributed by atoms with E-state index in [1.165, 1.54) is 0 Å². The van der Waals surface area contributed by atoms with E-state index in [4.69, 9.17) is 0 Å². The van der Waals surface area contributed by atoms with Crippen molar-refractivity contribution in [1.82, 2.24) is 0 Å². The summed E-state index contributed by atoms with van der Waals surface area (Å²) < 4.78 is 0. The SMILES string of the molecule is C[N-]C.C[N-]C.C[N-]C.C[N-]C.C[N-]C.[Hf+4].[Hf]. The van der Waals surface area contributed by atoms with Crippen molar-refractivity contribution in [3.8, 4) is 0 Å². The van der Waals surface area contributed by atoms with Crippen LogP contribution in [0.1, 0.15) is 0 Å². The second-order valence-electron chi connectivity index (χ2n) is 2.24. The van der Waals surface area contributed by atoms with Gasteiger partial charge in [0.05, 0.1) is 0 Å². The summed E-state index contributed by atoms with van der Waals surface area (Å²) in [7, 11) is 17.5. The van der Waals surface area contributed by atoms with Gasteiger partial charge in [-0.3, -0.25) is 0 Å². The Morgan fingerprint density at radius 1 is 0.353 bits per heavy atom. The Morgan fingerprint density at radius 2 is 0.353 bits per heavy atom. The minimum atomic E-state index is 0. The van der Waals surface area contributed by atoms with Crippen LogP contribution in [0.15, 0.2) is 0 Å².